The van der Waals surface area contributed by atoms with Crippen LogP contribution in [0, 0.1) is 0 Å². The lowest BCUT2D eigenvalue weighted by Crippen LogP contribution is -2.41. The first-order chi connectivity index (χ1) is 10.9. The highest BCUT2D eigenvalue weighted by Gasteiger charge is 2.52. The third-order valence-corrected chi connectivity index (χ3v) is 4.00. The molecular weight excluding hydrogens is 328 g/mol. The molecule has 0 atom stereocenters. The summed E-state index contributed by atoms with van der Waals surface area (Å²) in [4.78, 5) is 0. The van der Waals surface area contributed by atoms with E-state index >= 15 is 0 Å². The first-order valence-electron chi connectivity index (χ1n) is 7.32. The summed E-state index contributed by atoms with van der Waals surface area (Å²) in [6.07, 6.45) is -4.81. The molecule has 0 unspecified atom stereocenters. The van der Waals surface area contributed by atoms with Crippen LogP contribution in [-0.4, -0.2) is 38.6 Å². The number of benzene rings is 1. The average molecular weight is 348 g/mol. The molecule has 1 aromatic rings. The van der Waals surface area contributed by atoms with Gasteiger partial charge in [-0.2, -0.15) is 0 Å². The van der Waals surface area contributed by atoms with Crippen LogP contribution in [0.25, 0.3) is 0 Å². The second-order valence-corrected chi connectivity index (χ2v) is 6.42. The molecule has 1 heterocycles. The predicted octanol–water partition coefficient (Wildman–Crippen LogP) is 2.87. The van der Waals surface area contributed by atoms with Crippen LogP contribution in [-0.2, 0) is 14.0 Å². The Balaban J connectivity index is 2.33. The van der Waals surface area contributed by atoms with Crippen LogP contribution in [0.15, 0.2) is 18.2 Å². The van der Waals surface area contributed by atoms with Crippen LogP contribution in [0.1, 0.15) is 27.7 Å². The third kappa shape index (κ3) is 4.34. The maximum atomic E-state index is 12.5. The van der Waals surface area contributed by atoms with Gasteiger partial charge in [0, 0.05) is 13.2 Å². The van der Waals surface area contributed by atoms with Gasteiger partial charge in [0.2, 0.25) is 0 Å². The van der Waals surface area contributed by atoms with Crippen LogP contribution in [0.2, 0.25) is 0 Å². The first-order valence-corrected chi connectivity index (χ1v) is 7.32. The van der Waals surface area contributed by atoms with E-state index in [0.717, 1.165) is 6.07 Å². The molecule has 1 saturated heterocycles. The third-order valence-electron chi connectivity index (χ3n) is 4.00. The number of halogens is 3. The molecule has 0 amide bonds. The Hall–Kier alpha value is -1.45. The summed E-state index contributed by atoms with van der Waals surface area (Å²) in [5.41, 5.74) is -0.875. The summed E-state index contributed by atoms with van der Waals surface area (Å²) < 4.78 is 63.3. The van der Waals surface area contributed by atoms with Crippen molar-refractivity contribution in [3.05, 3.63) is 18.2 Å². The van der Waals surface area contributed by atoms with Gasteiger partial charge in [0.05, 0.1) is 11.2 Å². The monoisotopic (exact) mass is 348 g/mol. The quantitative estimate of drug-likeness (QED) is 0.605. The Morgan fingerprint density at radius 1 is 1.00 bits per heavy atom. The molecule has 1 aliphatic heterocycles. The van der Waals surface area contributed by atoms with Gasteiger partial charge >= 0.3 is 13.5 Å². The van der Waals surface area contributed by atoms with Gasteiger partial charge in [0.15, 0.2) is 6.79 Å². The molecule has 1 fully saturated rings. The Bertz CT molecular complexity index is 573. The largest absolute Gasteiger partial charge is 0.573 e. The van der Waals surface area contributed by atoms with Crippen molar-refractivity contribution in [1.29, 1.82) is 0 Å². The van der Waals surface area contributed by atoms with Crippen molar-refractivity contribution in [3.63, 3.8) is 0 Å². The molecule has 0 aromatic heterocycles. The molecule has 0 radical (unpaired) electrons. The molecule has 0 N–H and O–H groups in total. The second kappa shape index (κ2) is 6.46. The second-order valence-electron chi connectivity index (χ2n) is 6.42. The molecule has 134 valence electrons. The summed E-state index contributed by atoms with van der Waals surface area (Å²) in [5, 5.41) is 0. The van der Waals surface area contributed by atoms with Crippen LogP contribution in [0.3, 0.4) is 0 Å². The highest BCUT2D eigenvalue weighted by molar-refractivity contribution is 6.62. The topological polar surface area (TPSA) is 46.2 Å². The highest BCUT2D eigenvalue weighted by Crippen LogP contribution is 2.37. The number of rotatable bonds is 5. The highest BCUT2D eigenvalue weighted by atomic mass is 19.4. The number of alkyl halides is 3. The van der Waals surface area contributed by atoms with Crippen molar-refractivity contribution in [2.75, 3.05) is 13.9 Å². The molecule has 5 nitrogen and oxygen atoms in total. The van der Waals surface area contributed by atoms with E-state index in [-0.39, 0.29) is 12.5 Å². The number of ether oxygens (including phenoxy) is 3. The Labute approximate surface area is 139 Å². The van der Waals surface area contributed by atoms with Crippen molar-refractivity contribution in [2.45, 2.75) is 45.3 Å². The van der Waals surface area contributed by atoms with Gasteiger partial charge in [-0.3, -0.25) is 0 Å². The van der Waals surface area contributed by atoms with E-state index in [9.17, 15) is 13.2 Å². The van der Waals surface area contributed by atoms with Gasteiger partial charge in [-0.05, 0) is 45.3 Å². The summed E-state index contributed by atoms with van der Waals surface area (Å²) in [5.74, 6) is -0.260. The lowest BCUT2D eigenvalue weighted by Gasteiger charge is -2.32. The summed E-state index contributed by atoms with van der Waals surface area (Å²) >= 11 is 0. The molecule has 0 aliphatic carbocycles. The fourth-order valence-electron chi connectivity index (χ4n) is 2.11. The van der Waals surface area contributed by atoms with Gasteiger partial charge < -0.3 is 23.5 Å². The minimum atomic E-state index is -4.81. The van der Waals surface area contributed by atoms with Crippen molar-refractivity contribution in [3.8, 4) is 11.5 Å². The maximum Gasteiger partial charge on any atom is 0.573 e. The van der Waals surface area contributed by atoms with E-state index in [2.05, 4.69) is 4.74 Å². The Kier molecular flexibility index (Phi) is 5.08. The normalized spacial score (nSPS) is 19.4. The van der Waals surface area contributed by atoms with E-state index in [1.165, 1.54) is 19.2 Å². The fraction of sp³-hybridized carbons (Fsp3) is 0.600. The maximum absolute atomic E-state index is 12.5. The standard InChI is InChI=1S/C15H20BF3O5/c1-13(2)14(3,4)24-16(23-13)10-6-11(21-9-20-5)8-12(7-10)22-15(17,18)19/h6-8H,9H2,1-5H3. The lowest BCUT2D eigenvalue weighted by molar-refractivity contribution is -0.274. The fourth-order valence-corrected chi connectivity index (χ4v) is 2.11. The Morgan fingerprint density at radius 3 is 2.04 bits per heavy atom. The van der Waals surface area contributed by atoms with Crippen LogP contribution < -0.4 is 14.9 Å². The van der Waals surface area contributed by atoms with E-state index in [4.69, 9.17) is 18.8 Å². The van der Waals surface area contributed by atoms with E-state index in [0.29, 0.717) is 5.46 Å². The first kappa shape index (κ1) is 18.9. The number of hydrogen-bond acceptors (Lipinski definition) is 5. The van der Waals surface area contributed by atoms with Gasteiger partial charge in [0.1, 0.15) is 11.5 Å². The zero-order valence-electron chi connectivity index (χ0n) is 14.2. The summed E-state index contributed by atoms with van der Waals surface area (Å²) in [6, 6.07) is 3.88. The van der Waals surface area contributed by atoms with Gasteiger partial charge in [-0.25, -0.2) is 0 Å². The van der Waals surface area contributed by atoms with Gasteiger partial charge in [0.25, 0.3) is 0 Å². The van der Waals surface area contributed by atoms with E-state index in [1.807, 2.05) is 27.7 Å². The zero-order chi connectivity index (χ0) is 18.2. The molecule has 2 rings (SSSR count). The molecule has 1 aromatic carbocycles. The zero-order valence-corrected chi connectivity index (χ0v) is 14.2. The molecule has 0 saturated carbocycles. The summed E-state index contributed by atoms with van der Waals surface area (Å²) in [7, 11) is 0.572. The average Bonchev–Trinajstić information content (AvgIpc) is 2.63. The molecule has 24 heavy (non-hydrogen) atoms. The van der Waals surface area contributed by atoms with Crippen molar-refractivity contribution < 1.29 is 36.7 Å². The van der Waals surface area contributed by atoms with Crippen LogP contribution >= 0.6 is 0 Å². The SMILES string of the molecule is COCOc1cc(OC(F)(F)F)cc(B2OC(C)(C)C(C)(C)O2)c1. The van der Waals surface area contributed by atoms with E-state index in [1.54, 1.807) is 0 Å². The molecule has 0 bridgehead atoms. The minimum absolute atomic E-state index is 0.113. The van der Waals surface area contributed by atoms with Gasteiger partial charge in [-0.15, -0.1) is 13.2 Å². The van der Waals surface area contributed by atoms with Crippen LogP contribution in [0.4, 0.5) is 13.2 Å². The van der Waals surface area contributed by atoms with Crippen LogP contribution in [0.5, 0.6) is 11.5 Å². The lowest BCUT2D eigenvalue weighted by atomic mass is 9.79. The van der Waals surface area contributed by atoms with Crippen molar-refractivity contribution in [2.24, 2.45) is 0 Å². The summed E-state index contributed by atoms with van der Waals surface area (Å²) in [6.45, 7) is 7.30. The molecular formula is C15H20BF3O5. The molecule has 1 aliphatic rings. The van der Waals surface area contributed by atoms with Crippen molar-refractivity contribution in [1.82, 2.24) is 0 Å². The number of hydrogen-bond donors (Lipinski definition) is 0. The molecule has 0 spiro atoms. The van der Waals surface area contributed by atoms with E-state index < -0.39 is 30.4 Å². The minimum Gasteiger partial charge on any atom is -0.467 e. The predicted molar refractivity (Wildman–Crippen MR) is 81.3 cm³/mol. The number of methoxy groups -OCH3 is 1. The Morgan fingerprint density at radius 2 is 1.54 bits per heavy atom. The van der Waals surface area contributed by atoms with Crippen molar-refractivity contribution >= 4 is 12.6 Å². The molecule has 9 heteroatoms. The smallest absolute Gasteiger partial charge is 0.467 e. The van der Waals surface area contributed by atoms with Gasteiger partial charge in [-0.1, -0.05) is 0 Å².